The molecule has 0 unspecified atom stereocenters. The molecular weight excluding hydrogens is 349 g/mol. The van der Waals surface area contributed by atoms with Crippen LogP contribution in [0.5, 0.6) is 11.5 Å². The first kappa shape index (κ1) is 16.7. The number of phenols is 1. The van der Waals surface area contributed by atoms with Gasteiger partial charge in [0.2, 0.25) is 0 Å². The summed E-state index contributed by atoms with van der Waals surface area (Å²) < 4.78 is 31.3. The fraction of sp³-hybridized carbons (Fsp3) is 0.143. The summed E-state index contributed by atoms with van der Waals surface area (Å²) in [7, 11) is -1.13. The smallest absolute Gasteiger partial charge is 0.267 e. The van der Waals surface area contributed by atoms with Crippen LogP contribution in [0.4, 0.5) is 5.69 Å². The molecule has 2 rings (SSSR count). The monoisotopic (exact) mass is 361 g/mol. The molecule has 0 saturated heterocycles. The van der Waals surface area contributed by atoms with Gasteiger partial charge in [0, 0.05) is 12.1 Å². The Balaban J connectivity index is 2.49. The second-order valence-corrected chi connectivity index (χ2v) is 7.19. The van der Waals surface area contributed by atoms with Crippen molar-refractivity contribution >= 4 is 38.9 Å². The lowest BCUT2D eigenvalue weighted by Gasteiger charge is -2.20. The van der Waals surface area contributed by atoms with E-state index in [1.807, 2.05) is 0 Å². The average Bonchev–Trinajstić information content (AvgIpc) is 2.50. The summed E-state index contributed by atoms with van der Waals surface area (Å²) in [5.74, 6) is 0.0645. The average molecular weight is 362 g/mol. The number of anilines is 1. The number of methoxy groups -OCH3 is 1. The van der Waals surface area contributed by atoms with Gasteiger partial charge in [-0.1, -0.05) is 23.2 Å². The van der Waals surface area contributed by atoms with Gasteiger partial charge in [-0.25, -0.2) is 8.42 Å². The second kappa shape index (κ2) is 6.24. The van der Waals surface area contributed by atoms with E-state index in [0.29, 0.717) is 11.4 Å². The van der Waals surface area contributed by atoms with Crippen molar-refractivity contribution in [2.75, 3.05) is 18.5 Å². The summed E-state index contributed by atoms with van der Waals surface area (Å²) >= 11 is 11.6. The Morgan fingerprint density at radius 2 is 1.73 bits per heavy atom. The van der Waals surface area contributed by atoms with Crippen LogP contribution in [0.1, 0.15) is 0 Å². The molecule has 0 atom stereocenters. The molecule has 22 heavy (non-hydrogen) atoms. The van der Waals surface area contributed by atoms with E-state index in [4.69, 9.17) is 27.9 Å². The zero-order chi connectivity index (χ0) is 16.5. The predicted octanol–water partition coefficient (Wildman–Crippen LogP) is 3.53. The van der Waals surface area contributed by atoms with Crippen LogP contribution >= 0.6 is 23.2 Å². The van der Waals surface area contributed by atoms with Gasteiger partial charge in [0.1, 0.15) is 10.6 Å². The number of ether oxygens (including phenoxy) is 1. The van der Waals surface area contributed by atoms with Crippen molar-refractivity contribution in [2.45, 2.75) is 4.90 Å². The Labute approximate surface area is 138 Å². The fourth-order valence-corrected chi connectivity index (χ4v) is 3.76. The molecule has 0 bridgehead atoms. The van der Waals surface area contributed by atoms with Gasteiger partial charge in [0.05, 0.1) is 17.8 Å². The molecule has 118 valence electrons. The molecule has 0 aromatic heterocycles. The highest BCUT2D eigenvalue weighted by molar-refractivity contribution is 7.93. The molecule has 5 nitrogen and oxygen atoms in total. The molecule has 0 radical (unpaired) electrons. The van der Waals surface area contributed by atoms with Crippen molar-refractivity contribution in [1.82, 2.24) is 0 Å². The first-order valence-electron chi connectivity index (χ1n) is 6.08. The Bertz CT molecular complexity index is 791. The maximum absolute atomic E-state index is 12.6. The molecule has 2 aromatic rings. The number of rotatable bonds is 4. The number of hydrogen-bond donors (Lipinski definition) is 1. The molecule has 0 amide bonds. The van der Waals surface area contributed by atoms with Gasteiger partial charge in [-0.05, 0) is 36.4 Å². The summed E-state index contributed by atoms with van der Waals surface area (Å²) in [5, 5.41) is 9.90. The minimum Gasteiger partial charge on any atom is -0.505 e. The van der Waals surface area contributed by atoms with E-state index in [2.05, 4.69) is 0 Å². The van der Waals surface area contributed by atoms with Crippen molar-refractivity contribution < 1.29 is 18.3 Å². The number of hydrogen-bond acceptors (Lipinski definition) is 4. The molecular formula is C14H13Cl2NO4S. The summed E-state index contributed by atoms with van der Waals surface area (Å²) in [5.41, 5.74) is 0.399. The van der Waals surface area contributed by atoms with Crippen molar-refractivity contribution in [1.29, 1.82) is 0 Å². The highest BCUT2D eigenvalue weighted by Crippen LogP contribution is 2.36. The van der Waals surface area contributed by atoms with Crippen molar-refractivity contribution in [3.63, 3.8) is 0 Å². The maximum Gasteiger partial charge on any atom is 0.267 e. The van der Waals surface area contributed by atoms with Crippen LogP contribution in [0, 0.1) is 0 Å². The number of phenolic OH excluding ortho intramolecular Hbond substituents is 1. The molecule has 0 fully saturated rings. The summed E-state index contributed by atoms with van der Waals surface area (Å²) in [6, 6.07) is 8.85. The minimum atomic E-state index is -4.01. The molecule has 0 spiro atoms. The lowest BCUT2D eigenvalue weighted by atomic mass is 10.3. The van der Waals surface area contributed by atoms with E-state index in [0.717, 1.165) is 10.4 Å². The molecule has 2 aromatic carbocycles. The Hall–Kier alpha value is -1.63. The largest absolute Gasteiger partial charge is 0.505 e. The van der Waals surface area contributed by atoms with Gasteiger partial charge in [0.15, 0.2) is 5.75 Å². The number of nitrogens with zero attached hydrogens (tertiary/aromatic N) is 1. The highest BCUT2D eigenvalue weighted by atomic mass is 35.5. The summed E-state index contributed by atoms with van der Waals surface area (Å²) in [4.78, 5) is -0.358. The van der Waals surface area contributed by atoms with Crippen molar-refractivity contribution in [3.05, 3.63) is 46.4 Å². The molecule has 0 heterocycles. The standard InChI is InChI=1S/C14H13Cl2NO4S/c1-17(10-3-5-11(21-2)6-4-10)22(19,20)13-8-9(15)7-12(16)14(13)18/h3-8,18H,1-2H3. The number of sulfonamides is 1. The zero-order valence-corrected chi connectivity index (χ0v) is 14.1. The number of halogens is 2. The number of aromatic hydroxyl groups is 1. The van der Waals surface area contributed by atoms with Crippen LogP contribution in [0.15, 0.2) is 41.3 Å². The molecule has 0 aliphatic carbocycles. The van der Waals surface area contributed by atoms with Crippen LogP contribution in [0.2, 0.25) is 10.0 Å². The summed E-state index contributed by atoms with van der Waals surface area (Å²) in [6.45, 7) is 0. The van der Waals surface area contributed by atoms with Gasteiger partial charge >= 0.3 is 0 Å². The molecule has 0 saturated carbocycles. The highest BCUT2D eigenvalue weighted by Gasteiger charge is 2.26. The van der Waals surface area contributed by atoms with Gasteiger partial charge in [0.25, 0.3) is 10.0 Å². The SMILES string of the molecule is COc1ccc(N(C)S(=O)(=O)c2cc(Cl)cc(Cl)c2O)cc1. The summed E-state index contributed by atoms with van der Waals surface area (Å²) in [6.07, 6.45) is 0. The first-order chi connectivity index (χ1) is 10.3. The van der Waals surface area contributed by atoms with E-state index < -0.39 is 15.8 Å². The van der Waals surface area contributed by atoms with Crippen LogP contribution in [-0.4, -0.2) is 27.7 Å². The van der Waals surface area contributed by atoms with Crippen molar-refractivity contribution in [2.24, 2.45) is 0 Å². The van der Waals surface area contributed by atoms with Gasteiger partial charge in [-0.15, -0.1) is 0 Å². The van der Waals surface area contributed by atoms with E-state index in [9.17, 15) is 13.5 Å². The van der Waals surface area contributed by atoms with Crippen LogP contribution in [0.3, 0.4) is 0 Å². The molecule has 0 aliphatic rings. The van der Waals surface area contributed by atoms with Crippen LogP contribution in [-0.2, 0) is 10.0 Å². The quantitative estimate of drug-likeness (QED) is 0.904. The second-order valence-electron chi connectivity index (χ2n) is 4.40. The van der Waals surface area contributed by atoms with Crippen molar-refractivity contribution in [3.8, 4) is 11.5 Å². The lowest BCUT2D eigenvalue weighted by molar-refractivity contribution is 0.415. The Morgan fingerprint density at radius 3 is 2.27 bits per heavy atom. The van der Waals surface area contributed by atoms with E-state index >= 15 is 0 Å². The Morgan fingerprint density at radius 1 is 1.14 bits per heavy atom. The van der Waals surface area contributed by atoms with Gasteiger partial charge in [-0.3, -0.25) is 4.31 Å². The number of benzene rings is 2. The van der Waals surface area contributed by atoms with E-state index in [1.165, 1.54) is 20.2 Å². The minimum absolute atomic E-state index is 0.115. The van der Waals surface area contributed by atoms with E-state index in [-0.39, 0.29) is 14.9 Å². The predicted molar refractivity (Wildman–Crippen MR) is 86.7 cm³/mol. The molecule has 1 N–H and O–H groups in total. The van der Waals surface area contributed by atoms with Crippen LogP contribution in [0.25, 0.3) is 0 Å². The van der Waals surface area contributed by atoms with E-state index in [1.54, 1.807) is 24.3 Å². The lowest BCUT2D eigenvalue weighted by Crippen LogP contribution is -2.26. The fourth-order valence-electron chi connectivity index (χ4n) is 1.82. The molecule has 8 heteroatoms. The Kier molecular flexibility index (Phi) is 4.75. The van der Waals surface area contributed by atoms with Gasteiger partial charge < -0.3 is 9.84 Å². The zero-order valence-electron chi connectivity index (χ0n) is 11.7. The third-order valence-corrected chi connectivity index (χ3v) is 5.37. The third kappa shape index (κ3) is 3.09. The van der Waals surface area contributed by atoms with Gasteiger partial charge in [-0.2, -0.15) is 0 Å². The topological polar surface area (TPSA) is 66.8 Å². The van der Waals surface area contributed by atoms with Crippen LogP contribution < -0.4 is 9.04 Å². The maximum atomic E-state index is 12.6. The molecule has 0 aliphatic heterocycles. The first-order valence-corrected chi connectivity index (χ1v) is 8.28. The third-order valence-electron chi connectivity index (χ3n) is 3.07. The normalized spacial score (nSPS) is 11.3.